The van der Waals surface area contributed by atoms with Gasteiger partial charge in [-0.1, -0.05) is 42.5 Å². The third-order valence-corrected chi connectivity index (χ3v) is 5.60. The van der Waals surface area contributed by atoms with Gasteiger partial charge >= 0.3 is 0 Å². The quantitative estimate of drug-likeness (QED) is 0.900. The van der Waals surface area contributed by atoms with E-state index in [-0.39, 0.29) is 11.7 Å². The maximum Gasteiger partial charge on any atom is 0.226 e. The number of aryl methyl sites for hydroxylation is 1. The normalized spacial score (nSPS) is 20.9. The number of piperazine rings is 1. The Kier molecular flexibility index (Phi) is 5.03. The Balaban J connectivity index is 1.57. The lowest BCUT2D eigenvalue weighted by atomic mass is 9.85. The van der Waals surface area contributed by atoms with Gasteiger partial charge in [0, 0.05) is 6.42 Å². The molecule has 1 atom stereocenters. The van der Waals surface area contributed by atoms with E-state index in [1.165, 1.54) is 0 Å². The van der Waals surface area contributed by atoms with Crippen LogP contribution in [0, 0.1) is 12.8 Å². The highest BCUT2D eigenvalue weighted by Gasteiger charge is 2.29. The van der Waals surface area contributed by atoms with Crippen molar-refractivity contribution in [3.05, 3.63) is 58.9 Å². The second-order valence-electron chi connectivity index (χ2n) is 7.74. The van der Waals surface area contributed by atoms with Gasteiger partial charge in [0.15, 0.2) is 5.78 Å². The van der Waals surface area contributed by atoms with Crippen LogP contribution in [0.1, 0.15) is 33.7 Å². The maximum absolute atomic E-state index is 12.7. The van der Waals surface area contributed by atoms with Crippen molar-refractivity contribution in [2.45, 2.75) is 19.8 Å². The second-order valence-corrected chi connectivity index (χ2v) is 7.74. The van der Waals surface area contributed by atoms with E-state index in [1.807, 2.05) is 25.1 Å². The Labute approximate surface area is 160 Å². The molecule has 2 heterocycles. The molecule has 2 aromatic rings. The van der Waals surface area contributed by atoms with Crippen molar-refractivity contribution in [2.75, 3.05) is 38.1 Å². The number of hydrogen-bond acceptors (Lipinski definition) is 4. The van der Waals surface area contributed by atoms with Crippen LogP contribution < -0.4 is 9.80 Å². The summed E-state index contributed by atoms with van der Waals surface area (Å²) >= 11 is 0. The Morgan fingerprint density at radius 3 is 2.59 bits per heavy atom. The highest BCUT2D eigenvalue weighted by atomic mass is 16.1. The number of hydrogen-bond donors (Lipinski definition) is 1. The van der Waals surface area contributed by atoms with Gasteiger partial charge in [-0.2, -0.15) is 0 Å². The molecule has 0 saturated carbocycles. The number of carbonyl (C=O) groups is 1. The van der Waals surface area contributed by atoms with Crippen molar-refractivity contribution in [3.63, 3.8) is 0 Å². The number of benzene rings is 1. The zero-order valence-corrected chi connectivity index (χ0v) is 16.1. The maximum atomic E-state index is 12.7. The molecular weight excluding hydrogens is 336 g/mol. The average molecular weight is 363 g/mol. The Bertz CT molecular complexity index is 854. The third-order valence-electron chi connectivity index (χ3n) is 5.60. The second kappa shape index (κ2) is 7.61. The van der Waals surface area contributed by atoms with Crippen molar-refractivity contribution in [1.29, 1.82) is 0 Å². The molecule has 2 aliphatic rings. The van der Waals surface area contributed by atoms with Crippen LogP contribution in [0.15, 0.2) is 36.4 Å². The Morgan fingerprint density at radius 2 is 1.85 bits per heavy atom. The molecule has 5 nitrogen and oxygen atoms in total. The van der Waals surface area contributed by atoms with Crippen LogP contribution in [0.3, 0.4) is 0 Å². The average Bonchev–Trinajstić information content (AvgIpc) is 2.67. The number of fused-ring (bicyclic) bond motifs is 1. The Hall–Kier alpha value is -2.53. The number of likely N-dealkylation sites (N-methyl/N-ethyl adjacent to an activating group) is 1. The Morgan fingerprint density at radius 1 is 1.11 bits per heavy atom. The molecule has 0 radical (unpaired) electrons. The van der Waals surface area contributed by atoms with Gasteiger partial charge in [-0.25, -0.2) is 9.97 Å². The molecule has 1 saturated heterocycles. The minimum atomic E-state index is 0.172. The number of nitrogens with zero attached hydrogens (tertiary/aromatic N) is 3. The summed E-state index contributed by atoms with van der Waals surface area (Å²) in [6.07, 6.45) is 5.62. The molecule has 0 amide bonds. The van der Waals surface area contributed by atoms with E-state index in [0.29, 0.717) is 6.42 Å². The predicted octanol–water partition coefficient (Wildman–Crippen LogP) is 1.58. The monoisotopic (exact) mass is 363 g/mol. The number of nitrogens with one attached hydrogen (secondary N) is 1. The molecule has 0 unspecified atom stereocenters. The molecule has 4 rings (SSSR count). The minimum Gasteiger partial charge on any atom is -0.334 e. The SMILES string of the molecule is Cc1nc(N2CC[NH+](C)CC2)nc2c1C(=O)C[C@H](/C=C/c1ccccc1)C2. The first kappa shape index (κ1) is 17.9. The van der Waals surface area contributed by atoms with Gasteiger partial charge in [-0.05, 0) is 24.8 Å². The van der Waals surface area contributed by atoms with Crippen LogP contribution in [0.4, 0.5) is 5.95 Å². The standard InChI is InChI=1S/C22H26N4O/c1-16-21-19(24-22(23-16)26-12-10-25(2)11-13-26)14-18(15-20(21)27)9-8-17-6-4-3-5-7-17/h3-9,18H,10-15H2,1-2H3/p+1/b9-8+/t18-/m1/s1. The van der Waals surface area contributed by atoms with E-state index in [1.54, 1.807) is 4.90 Å². The van der Waals surface area contributed by atoms with Gasteiger partial charge in [0.05, 0.1) is 50.2 Å². The van der Waals surface area contributed by atoms with Gasteiger partial charge in [-0.15, -0.1) is 0 Å². The zero-order chi connectivity index (χ0) is 18.8. The summed E-state index contributed by atoms with van der Waals surface area (Å²) in [5, 5.41) is 0. The first-order valence-corrected chi connectivity index (χ1v) is 9.80. The van der Waals surface area contributed by atoms with Crippen molar-refractivity contribution >= 4 is 17.8 Å². The number of Topliss-reactive ketones (excluding diaryl/α,β-unsaturated/α-hetero) is 1. The molecule has 1 aliphatic carbocycles. The first-order valence-electron chi connectivity index (χ1n) is 9.80. The highest BCUT2D eigenvalue weighted by molar-refractivity contribution is 5.99. The van der Waals surface area contributed by atoms with Crippen LogP contribution in [0.5, 0.6) is 0 Å². The number of anilines is 1. The minimum absolute atomic E-state index is 0.172. The van der Waals surface area contributed by atoms with Crippen LogP contribution in [0.2, 0.25) is 0 Å². The number of ketones is 1. The molecular formula is C22H27N4O+. The van der Waals surface area contributed by atoms with E-state index in [9.17, 15) is 4.79 Å². The van der Waals surface area contributed by atoms with Crippen LogP contribution >= 0.6 is 0 Å². The fourth-order valence-corrected chi connectivity index (χ4v) is 3.96. The third kappa shape index (κ3) is 3.93. The molecule has 0 spiro atoms. The van der Waals surface area contributed by atoms with Gasteiger partial charge < -0.3 is 9.80 Å². The van der Waals surface area contributed by atoms with Gasteiger partial charge in [0.25, 0.3) is 0 Å². The van der Waals surface area contributed by atoms with Crippen molar-refractivity contribution in [1.82, 2.24) is 9.97 Å². The number of allylic oxidation sites excluding steroid dienone is 1. The smallest absolute Gasteiger partial charge is 0.226 e. The lowest BCUT2D eigenvalue weighted by Gasteiger charge is -2.31. The van der Waals surface area contributed by atoms with Crippen molar-refractivity contribution < 1.29 is 9.69 Å². The molecule has 1 N–H and O–H groups in total. The van der Waals surface area contributed by atoms with Gasteiger partial charge in [0.2, 0.25) is 5.95 Å². The largest absolute Gasteiger partial charge is 0.334 e. The zero-order valence-electron chi connectivity index (χ0n) is 16.1. The number of quaternary nitrogens is 1. The van der Waals surface area contributed by atoms with Crippen LogP contribution in [0.25, 0.3) is 6.08 Å². The number of carbonyl (C=O) groups excluding carboxylic acids is 1. The van der Waals surface area contributed by atoms with E-state index in [2.05, 4.69) is 41.2 Å². The van der Waals surface area contributed by atoms with E-state index >= 15 is 0 Å². The van der Waals surface area contributed by atoms with Crippen LogP contribution in [-0.2, 0) is 6.42 Å². The molecule has 1 aromatic heterocycles. The fourth-order valence-electron chi connectivity index (χ4n) is 3.96. The fraction of sp³-hybridized carbons (Fsp3) is 0.409. The summed E-state index contributed by atoms with van der Waals surface area (Å²) in [5.41, 5.74) is 3.66. The molecule has 5 heteroatoms. The molecule has 1 fully saturated rings. The number of rotatable bonds is 3. The van der Waals surface area contributed by atoms with E-state index in [0.717, 1.165) is 61.1 Å². The molecule has 1 aromatic carbocycles. The topological polar surface area (TPSA) is 50.5 Å². The lowest BCUT2D eigenvalue weighted by Crippen LogP contribution is -3.12. The first-order chi connectivity index (χ1) is 13.1. The van der Waals surface area contributed by atoms with Crippen LogP contribution in [-0.4, -0.2) is 49.0 Å². The lowest BCUT2D eigenvalue weighted by molar-refractivity contribution is -0.880. The van der Waals surface area contributed by atoms with Gasteiger partial charge in [0.1, 0.15) is 0 Å². The number of aromatic nitrogens is 2. The van der Waals surface area contributed by atoms with Gasteiger partial charge in [-0.3, -0.25) is 4.79 Å². The summed E-state index contributed by atoms with van der Waals surface area (Å²) < 4.78 is 0. The summed E-state index contributed by atoms with van der Waals surface area (Å²) in [4.78, 5) is 26.0. The summed E-state index contributed by atoms with van der Waals surface area (Å²) in [6, 6.07) is 10.2. The molecule has 140 valence electrons. The highest BCUT2D eigenvalue weighted by Crippen LogP contribution is 2.29. The van der Waals surface area contributed by atoms with Crippen molar-refractivity contribution in [3.8, 4) is 0 Å². The molecule has 1 aliphatic heterocycles. The predicted molar refractivity (Wildman–Crippen MR) is 107 cm³/mol. The van der Waals surface area contributed by atoms with E-state index < -0.39 is 0 Å². The van der Waals surface area contributed by atoms with Crippen molar-refractivity contribution in [2.24, 2.45) is 5.92 Å². The summed E-state index contributed by atoms with van der Waals surface area (Å²) in [5.74, 6) is 1.16. The van der Waals surface area contributed by atoms with E-state index in [4.69, 9.17) is 4.98 Å². The molecule has 0 bridgehead atoms. The summed E-state index contributed by atoms with van der Waals surface area (Å²) in [7, 11) is 2.22. The summed E-state index contributed by atoms with van der Waals surface area (Å²) in [6.45, 7) is 6.08. The molecule has 27 heavy (non-hydrogen) atoms.